The number of benzene rings is 2. The second kappa shape index (κ2) is 7.46. The summed E-state index contributed by atoms with van der Waals surface area (Å²) >= 11 is 0. The van der Waals surface area contributed by atoms with E-state index in [4.69, 9.17) is 4.74 Å². The largest absolute Gasteiger partial charge is 0.496 e. The van der Waals surface area contributed by atoms with Gasteiger partial charge in [-0.2, -0.15) is 0 Å². The number of hydrogen-bond donors (Lipinski definition) is 2. The molecular formula is C19H20N4O. The molecule has 0 aliphatic heterocycles. The third-order valence-corrected chi connectivity index (χ3v) is 3.54. The van der Waals surface area contributed by atoms with Crippen molar-refractivity contribution >= 4 is 17.3 Å². The van der Waals surface area contributed by atoms with Gasteiger partial charge in [0.1, 0.15) is 23.2 Å². The van der Waals surface area contributed by atoms with Gasteiger partial charge in [-0.1, -0.05) is 36.4 Å². The number of aromatic nitrogens is 2. The topological polar surface area (TPSA) is 59.1 Å². The highest BCUT2D eigenvalue weighted by Crippen LogP contribution is 2.20. The zero-order valence-corrected chi connectivity index (χ0v) is 13.8. The van der Waals surface area contributed by atoms with Crippen LogP contribution in [0.15, 0.2) is 60.7 Å². The second-order valence-electron chi connectivity index (χ2n) is 5.34. The van der Waals surface area contributed by atoms with E-state index in [1.54, 1.807) is 7.11 Å². The molecule has 0 atom stereocenters. The molecule has 0 aliphatic carbocycles. The molecule has 122 valence electrons. The van der Waals surface area contributed by atoms with E-state index in [0.717, 1.165) is 28.6 Å². The van der Waals surface area contributed by atoms with Crippen molar-refractivity contribution in [1.82, 2.24) is 9.97 Å². The molecule has 5 nitrogen and oxygen atoms in total. The van der Waals surface area contributed by atoms with Crippen molar-refractivity contribution in [2.45, 2.75) is 13.5 Å². The van der Waals surface area contributed by atoms with Gasteiger partial charge >= 0.3 is 0 Å². The van der Waals surface area contributed by atoms with Crippen LogP contribution in [0.5, 0.6) is 5.75 Å². The van der Waals surface area contributed by atoms with Gasteiger partial charge in [0.2, 0.25) is 0 Å². The second-order valence-corrected chi connectivity index (χ2v) is 5.34. The van der Waals surface area contributed by atoms with E-state index in [-0.39, 0.29) is 0 Å². The Labute approximate surface area is 141 Å². The Morgan fingerprint density at radius 1 is 0.917 bits per heavy atom. The predicted octanol–water partition coefficient (Wildman–Crippen LogP) is 4.15. The lowest BCUT2D eigenvalue weighted by molar-refractivity contribution is 0.410. The van der Waals surface area contributed by atoms with Gasteiger partial charge in [-0.15, -0.1) is 0 Å². The fourth-order valence-corrected chi connectivity index (χ4v) is 2.43. The number of nitrogens with one attached hydrogen (secondary N) is 2. The molecule has 2 N–H and O–H groups in total. The average Bonchev–Trinajstić information content (AvgIpc) is 2.60. The van der Waals surface area contributed by atoms with Gasteiger partial charge in [0.15, 0.2) is 0 Å². The number of nitrogens with zero attached hydrogens (tertiary/aromatic N) is 2. The van der Waals surface area contributed by atoms with E-state index in [9.17, 15) is 0 Å². The Kier molecular flexibility index (Phi) is 4.91. The van der Waals surface area contributed by atoms with Crippen LogP contribution in [0.2, 0.25) is 0 Å². The monoisotopic (exact) mass is 320 g/mol. The molecule has 3 rings (SSSR count). The molecule has 0 fully saturated rings. The summed E-state index contributed by atoms with van der Waals surface area (Å²) in [6, 6.07) is 19.8. The highest BCUT2D eigenvalue weighted by Gasteiger charge is 2.05. The highest BCUT2D eigenvalue weighted by atomic mass is 16.5. The Balaban J connectivity index is 1.74. The first kappa shape index (κ1) is 15.8. The van der Waals surface area contributed by atoms with E-state index in [2.05, 4.69) is 20.6 Å². The van der Waals surface area contributed by atoms with Crippen molar-refractivity contribution in [2.75, 3.05) is 17.7 Å². The van der Waals surface area contributed by atoms with Crippen LogP contribution >= 0.6 is 0 Å². The quantitative estimate of drug-likeness (QED) is 0.714. The van der Waals surface area contributed by atoms with Crippen LogP contribution in [0.25, 0.3) is 0 Å². The van der Waals surface area contributed by atoms with Crippen molar-refractivity contribution in [1.29, 1.82) is 0 Å². The maximum absolute atomic E-state index is 5.38. The molecule has 0 radical (unpaired) electrons. The molecule has 0 aliphatic rings. The van der Waals surface area contributed by atoms with Gasteiger partial charge in [0, 0.05) is 23.9 Å². The maximum Gasteiger partial charge on any atom is 0.136 e. The normalized spacial score (nSPS) is 10.2. The summed E-state index contributed by atoms with van der Waals surface area (Å²) in [7, 11) is 1.68. The SMILES string of the molecule is COc1ccccc1CNc1cc(Nc2ccccc2)nc(C)n1. The van der Waals surface area contributed by atoms with Crippen LogP contribution in [-0.4, -0.2) is 17.1 Å². The molecule has 0 saturated carbocycles. The lowest BCUT2D eigenvalue weighted by atomic mass is 10.2. The fraction of sp³-hybridized carbons (Fsp3) is 0.158. The van der Waals surface area contributed by atoms with Crippen LogP contribution in [-0.2, 0) is 6.54 Å². The van der Waals surface area contributed by atoms with Crippen molar-refractivity contribution in [3.05, 3.63) is 72.1 Å². The first-order valence-electron chi connectivity index (χ1n) is 7.78. The molecule has 1 heterocycles. The number of rotatable bonds is 6. The third-order valence-electron chi connectivity index (χ3n) is 3.54. The van der Waals surface area contributed by atoms with E-state index < -0.39 is 0 Å². The Bertz CT molecular complexity index is 805. The molecule has 3 aromatic rings. The number of aryl methyl sites for hydroxylation is 1. The number of hydrogen-bond acceptors (Lipinski definition) is 5. The van der Waals surface area contributed by atoms with Gasteiger partial charge < -0.3 is 15.4 Å². The molecule has 0 unspecified atom stereocenters. The standard InChI is InChI=1S/C19H20N4O/c1-14-21-18(20-13-15-8-6-7-11-17(15)24-2)12-19(22-14)23-16-9-4-3-5-10-16/h3-12H,13H2,1-2H3,(H2,20,21,22,23). The zero-order valence-electron chi connectivity index (χ0n) is 13.8. The molecule has 0 saturated heterocycles. The molecule has 5 heteroatoms. The highest BCUT2D eigenvalue weighted by molar-refractivity contribution is 5.59. The average molecular weight is 320 g/mol. The zero-order chi connectivity index (χ0) is 16.8. The Hall–Kier alpha value is -3.08. The van der Waals surface area contributed by atoms with Crippen molar-refractivity contribution in [3.8, 4) is 5.75 Å². The molecule has 0 bridgehead atoms. The van der Waals surface area contributed by atoms with E-state index in [1.807, 2.05) is 67.6 Å². The summed E-state index contributed by atoms with van der Waals surface area (Å²) in [6.07, 6.45) is 0. The number of ether oxygens (including phenoxy) is 1. The Morgan fingerprint density at radius 2 is 1.62 bits per heavy atom. The number of methoxy groups -OCH3 is 1. The molecule has 24 heavy (non-hydrogen) atoms. The first-order chi connectivity index (χ1) is 11.7. The van der Waals surface area contributed by atoms with Crippen molar-refractivity contribution in [2.24, 2.45) is 0 Å². The number of anilines is 3. The van der Waals surface area contributed by atoms with E-state index in [0.29, 0.717) is 12.4 Å². The smallest absolute Gasteiger partial charge is 0.136 e. The van der Waals surface area contributed by atoms with Gasteiger partial charge in [-0.25, -0.2) is 9.97 Å². The summed E-state index contributed by atoms with van der Waals surface area (Å²) in [5.74, 6) is 3.10. The molecule has 0 amide bonds. The van der Waals surface area contributed by atoms with Crippen molar-refractivity contribution in [3.63, 3.8) is 0 Å². The van der Waals surface area contributed by atoms with E-state index in [1.165, 1.54) is 0 Å². The summed E-state index contributed by atoms with van der Waals surface area (Å²) in [6.45, 7) is 2.51. The minimum Gasteiger partial charge on any atom is -0.496 e. The Morgan fingerprint density at radius 3 is 2.42 bits per heavy atom. The van der Waals surface area contributed by atoms with E-state index >= 15 is 0 Å². The van der Waals surface area contributed by atoms with Crippen molar-refractivity contribution < 1.29 is 4.74 Å². The van der Waals surface area contributed by atoms with Gasteiger partial charge in [-0.3, -0.25) is 0 Å². The maximum atomic E-state index is 5.38. The molecular weight excluding hydrogens is 300 g/mol. The van der Waals surface area contributed by atoms with Crippen LogP contribution in [0, 0.1) is 6.92 Å². The minimum absolute atomic E-state index is 0.630. The van der Waals surface area contributed by atoms with Gasteiger partial charge in [0.05, 0.1) is 7.11 Å². The minimum atomic E-state index is 0.630. The van der Waals surface area contributed by atoms with Gasteiger partial charge in [-0.05, 0) is 25.1 Å². The molecule has 0 spiro atoms. The van der Waals surface area contributed by atoms with Crippen LogP contribution in [0.1, 0.15) is 11.4 Å². The summed E-state index contributed by atoms with van der Waals surface area (Å²) in [5.41, 5.74) is 2.07. The predicted molar refractivity (Wildman–Crippen MR) is 96.8 cm³/mol. The molecule has 1 aromatic heterocycles. The third kappa shape index (κ3) is 4.01. The fourth-order valence-electron chi connectivity index (χ4n) is 2.43. The van der Waals surface area contributed by atoms with Crippen LogP contribution in [0.3, 0.4) is 0 Å². The lowest BCUT2D eigenvalue weighted by Gasteiger charge is -2.12. The van der Waals surface area contributed by atoms with Gasteiger partial charge in [0.25, 0.3) is 0 Å². The summed E-state index contributed by atoms with van der Waals surface area (Å²) in [5, 5.41) is 6.62. The lowest BCUT2D eigenvalue weighted by Crippen LogP contribution is -2.06. The molecule has 2 aromatic carbocycles. The van der Waals surface area contributed by atoms with Crippen LogP contribution < -0.4 is 15.4 Å². The number of para-hydroxylation sites is 2. The van der Waals surface area contributed by atoms with Crippen LogP contribution in [0.4, 0.5) is 17.3 Å². The summed E-state index contributed by atoms with van der Waals surface area (Å²) in [4.78, 5) is 8.87. The summed E-state index contributed by atoms with van der Waals surface area (Å²) < 4.78 is 5.38. The first-order valence-corrected chi connectivity index (χ1v) is 7.78.